The van der Waals surface area contributed by atoms with Gasteiger partial charge in [-0.2, -0.15) is 0 Å². The number of anilines is 2. The summed E-state index contributed by atoms with van der Waals surface area (Å²) in [6.07, 6.45) is -0.870. The number of aromatic nitrogens is 1. The van der Waals surface area contributed by atoms with Gasteiger partial charge in [0.25, 0.3) is 5.69 Å². The second-order valence-corrected chi connectivity index (χ2v) is 7.69. The van der Waals surface area contributed by atoms with Crippen molar-refractivity contribution in [1.82, 2.24) is 4.98 Å². The molecule has 33 heavy (non-hydrogen) atoms. The quantitative estimate of drug-likeness (QED) is 0.294. The summed E-state index contributed by atoms with van der Waals surface area (Å²) in [6.45, 7) is 0. The minimum Gasteiger partial charge on any atom is -0.459 e. The smallest absolute Gasteiger partial charge is 0.271 e. The third kappa shape index (κ3) is 3.23. The lowest BCUT2D eigenvalue weighted by molar-refractivity contribution is -0.384. The zero-order valence-electron chi connectivity index (χ0n) is 17.0. The van der Waals surface area contributed by atoms with Crippen molar-refractivity contribution < 1.29 is 19.2 Å². The fraction of sp³-hybridized carbons (Fsp3) is 0.0417. The molecule has 3 heterocycles. The van der Waals surface area contributed by atoms with Gasteiger partial charge in [0.2, 0.25) is 17.8 Å². The van der Waals surface area contributed by atoms with E-state index in [1.807, 2.05) is 54.6 Å². The summed E-state index contributed by atoms with van der Waals surface area (Å²) in [6, 6.07) is 21.3. The molecular weight excluding hydrogens is 424 g/mol. The summed E-state index contributed by atoms with van der Waals surface area (Å²) in [5.41, 5.74) is 2.70. The van der Waals surface area contributed by atoms with Crippen molar-refractivity contribution in [2.24, 2.45) is 0 Å². The SMILES string of the molecule is O=C1C2=C(Nc3cc([N+](=O)[O-])ccc3N2)OC1c1cc2cc(Oc3ccccc3)ccc2[nH]1. The number of para-hydroxylation sites is 1. The molecule has 0 amide bonds. The second-order valence-electron chi connectivity index (χ2n) is 7.69. The van der Waals surface area contributed by atoms with Crippen molar-refractivity contribution in [1.29, 1.82) is 0 Å². The summed E-state index contributed by atoms with van der Waals surface area (Å²) in [5.74, 6) is 1.41. The molecule has 9 heteroatoms. The average Bonchev–Trinajstić information content (AvgIpc) is 3.38. The molecule has 0 saturated heterocycles. The van der Waals surface area contributed by atoms with Crippen LogP contribution in [0.4, 0.5) is 17.1 Å². The van der Waals surface area contributed by atoms with E-state index in [2.05, 4.69) is 15.6 Å². The number of nitrogens with one attached hydrogen (secondary N) is 3. The van der Waals surface area contributed by atoms with Crippen molar-refractivity contribution in [2.75, 3.05) is 10.6 Å². The Hall–Kier alpha value is -4.79. The summed E-state index contributed by atoms with van der Waals surface area (Å²) in [4.78, 5) is 26.9. The maximum Gasteiger partial charge on any atom is 0.271 e. The van der Waals surface area contributed by atoms with Gasteiger partial charge in [-0.1, -0.05) is 18.2 Å². The number of fused-ring (bicyclic) bond motifs is 2. The first kappa shape index (κ1) is 18.9. The molecule has 0 spiro atoms. The molecule has 4 aromatic rings. The topological polar surface area (TPSA) is 119 Å². The standard InChI is InChI=1S/C24H16N4O5/c29-22-21-24(27-19-12-14(28(30)31)6-8-18(19)26-21)33-23(22)20-11-13-10-16(7-9-17(13)25-20)32-15-4-2-1-3-5-15/h1-12,23,25-27H. The van der Waals surface area contributed by atoms with Gasteiger partial charge in [0.05, 0.1) is 22.0 Å². The van der Waals surface area contributed by atoms with E-state index in [1.165, 1.54) is 12.1 Å². The van der Waals surface area contributed by atoms with E-state index in [0.29, 0.717) is 22.8 Å². The summed E-state index contributed by atoms with van der Waals surface area (Å²) in [5, 5.41) is 18.0. The minimum absolute atomic E-state index is 0.0582. The molecule has 3 N–H and O–H groups in total. The minimum atomic E-state index is -0.870. The Morgan fingerprint density at radius 3 is 2.58 bits per heavy atom. The van der Waals surface area contributed by atoms with Crippen LogP contribution in [0.25, 0.3) is 10.9 Å². The fourth-order valence-corrected chi connectivity index (χ4v) is 3.97. The Labute approximate surface area is 186 Å². The van der Waals surface area contributed by atoms with Gasteiger partial charge in [-0.05, 0) is 42.5 Å². The lowest BCUT2D eigenvalue weighted by atomic mass is 10.1. The molecule has 1 aromatic heterocycles. The molecule has 0 aliphatic carbocycles. The maximum absolute atomic E-state index is 13.1. The number of nitro groups is 1. The van der Waals surface area contributed by atoms with Gasteiger partial charge in [-0.3, -0.25) is 14.9 Å². The van der Waals surface area contributed by atoms with Crippen LogP contribution in [-0.2, 0) is 9.53 Å². The van der Waals surface area contributed by atoms with Crippen LogP contribution in [0.3, 0.4) is 0 Å². The largest absolute Gasteiger partial charge is 0.459 e. The van der Waals surface area contributed by atoms with Crippen molar-refractivity contribution >= 4 is 33.7 Å². The first-order chi connectivity index (χ1) is 16.0. The van der Waals surface area contributed by atoms with Gasteiger partial charge in [-0.25, -0.2) is 0 Å². The molecule has 0 saturated carbocycles. The molecule has 3 aromatic carbocycles. The van der Waals surface area contributed by atoms with Crippen LogP contribution in [0.2, 0.25) is 0 Å². The van der Waals surface area contributed by atoms with Gasteiger partial charge in [0, 0.05) is 23.0 Å². The molecule has 1 unspecified atom stereocenters. The summed E-state index contributed by atoms with van der Waals surface area (Å²) in [7, 11) is 0. The first-order valence-electron chi connectivity index (χ1n) is 10.2. The second kappa shape index (κ2) is 7.13. The van der Waals surface area contributed by atoms with Crippen molar-refractivity contribution in [2.45, 2.75) is 6.10 Å². The molecule has 6 rings (SSSR count). The zero-order valence-corrected chi connectivity index (χ0v) is 17.0. The number of nitrogens with zero attached hydrogens (tertiary/aromatic N) is 1. The predicted molar refractivity (Wildman–Crippen MR) is 121 cm³/mol. The van der Waals surface area contributed by atoms with Crippen LogP contribution < -0.4 is 15.4 Å². The summed E-state index contributed by atoms with van der Waals surface area (Å²) < 4.78 is 11.8. The third-order valence-electron chi connectivity index (χ3n) is 5.54. The number of rotatable bonds is 4. The monoisotopic (exact) mass is 440 g/mol. The number of aromatic amines is 1. The number of H-pyrrole nitrogens is 1. The van der Waals surface area contributed by atoms with Crippen LogP contribution in [0, 0.1) is 10.1 Å². The highest BCUT2D eigenvalue weighted by Gasteiger charge is 2.40. The van der Waals surface area contributed by atoms with E-state index in [1.54, 1.807) is 6.07 Å². The number of ether oxygens (including phenoxy) is 2. The molecule has 2 aliphatic heterocycles. The number of ketones is 1. The van der Waals surface area contributed by atoms with Gasteiger partial charge >= 0.3 is 0 Å². The molecule has 1 atom stereocenters. The number of carbonyl (C=O) groups excluding carboxylic acids is 1. The normalized spacial score (nSPS) is 16.5. The fourth-order valence-electron chi connectivity index (χ4n) is 3.97. The van der Waals surface area contributed by atoms with Crippen LogP contribution in [-0.4, -0.2) is 15.7 Å². The van der Waals surface area contributed by atoms with Gasteiger partial charge in [0.1, 0.15) is 17.2 Å². The van der Waals surface area contributed by atoms with Crippen LogP contribution in [0.1, 0.15) is 11.8 Å². The molecule has 0 bridgehead atoms. The molecule has 162 valence electrons. The zero-order chi connectivity index (χ0) is 22.5. The number of non-ortho nitro benzene ring substituents is 1. The molecular formula is C24H16N4O5. The van der Waals surface area contributed by atoms with Gasteiger partial charge < -0.3 is 25.1 Å². The Balaban J connectivity index is 1.26. The van der Waals surface area contributed by atoms with E-state index in [9.17, 15) is 14.9 Å². The Bertz CT molecular complexity index is 1480. The van der Waals surface area contributed by atoms with E-state index in [0.717, 1.165) is 16.7 Å². The number of benzene rings is 3. The number of carbonyl (C=O) groups is 1. The van der Waals surface area contributed by atoms with E-state index >= 15 is 0 Å². The van der Waals surface area contributed by atoms with Crippen molar-refractivity contribution in [3.05, 3.63) is 100 Å². The van der Waals surface area contributed by atoms with Crippen molar-refractivity contribution in [3.8, 4) is 11.5 Å². The highest BCUT2D eigenvalue weighted by molar-refractivity contribution is 6.06. The Kier molecular flexibility index (Phi) is 4.09. The maximum atomic E-state index is 13.1. The van der Waals surface area contributed by atoms with Crippen LogP contribution >= 0.6 is 0 Å². The summed E-state index contributed by atoms with van der Waals surface area (Å²) >= 11 is 0. The predicted octanol–water partition coefficient (Wildman–Crippen LogP) is 5.22. The number of hydrogen-bond donors (Lipinski definition) is 3. The Morgan fingerprint density at radius 1 is 0.909 bits per heavy atom. The van der Waals surface area contributed by atoms with E-state index in [4.69, 9.17) is 9.47 Å². The van der Waals surface area contributed by atoms with Crippen LogP contribution in [0.5, 0.6) is 11.5 Å². The van der Waals surface area contributed by atoms with E-state index < -0.39 is 11.0 Å². The van der Waals surface area contributed by atoms with Gasteiger partial charge in [-0.15, -0.1) is 0 Å². The lowest BCUT2D eigenvalue weighted by Crippen LogP contribution is -2.18. The van der Waals surface area contributed by atoms with Crippen molar-refractivity contribution in [3.63, 3.8) is 0 Å². The number of hydrogen-bond acceptors (Lipinski definition) is 7. The molecule has 9 nitrogen and oxygen atoms in total. The highest BCUT2D eigenvalue weighted by atomic mass is 16.6. The lowest BCUT2D eigenvalue weighted by Gasteiger charge is -2.19. The van der Waals surface area contributed by atoms with E-state index in [-0.39, 0.29) is 23.1 Å². The molecule has 2 aliphatic rings. The van der Waals surface area contributed by atoms with Gasteiger partial charge in [0.15, 0.2) is 0 Å². The van der Waals surface area contributed by atoms with Crippen LogP contribution in [0.15, 0.2) is 84.4 Å². The highest BCUT2D eigenvalue weighted by Crippen LogP contribution is 2.41. The Morgan fingerprint density at radius 2 is 1.76 bits per heavy atom. The average molecular weight is 440 g/mol. The number of nitro benzene ring substituents is 1. The molecule has 0 fully saturated rings. The third-order valence-corrected chi connectivity index (χ3v) is 5.54. The molecule has 0 radical (unpaired) electrons. The first-order valence-corrected chi connectivity index (χ1v) is 10.2. The number of Topliss-reactive ketones (excluding diaryl/α,β-unsaturated/α-hetero) is 1.